The van der Waals surface area contributed by atoms with Crippen molar-refractivity contribution in [1.82, 2.24) is 35.0 Å². The van der Waals surface area contributed by atoms with Crippen molar-refractivity contribution in [3.63, 3.8) is 0 Å². The maximum atomic E-state index is 13.7. The highest BCUT2D eigenvalue weighted by Crippen LogP contribution is 2.30. The molecule has 0 spiro atoms. The number of pyridine rings is 1. The van der Waals surface area contributed by atoms with Crippen LogP contribution in [0, 0.1) is 13.8 Å². The zero-order chi connectivity index (χ0) is 26.8. The first-order valence-corrected chi connectivity index (χ1v) is 13.5. The standard InChI is InChI=1S/C31H33N7O/c1-22-13-14-23(2)28-26(22)19-27(31(39)32-28)29(30-33-34-35-38(30)21-25-11-7-4-8-12-25)37-17-15-36(16-18-37)20-24-9-5-3-6-10-24/h3-14,19,29H,15-18,20-21H2,1-2H3,(H,32,39). The predicted octanol–water partition coefficient (Wildman–Crippen LogP) is 4.09. The number of aryl methyl sites for hydroxylation is 2. The number of benzene rings is 3. The highest BCUT2D eigenvalue weighted by molar-refractivity contribution is 5.85. The van der Waals surface area contributed by atoms with Crippen LogP contribution in [0.4, 0.5) is 0 Å². The lowest BCUT2D eigenvalue weighted by molar-refractivity contribution is 0.0998. The zero-order valence-corrected chi connectivity index (χ0v) is 22.4. The number of rotatable bonds is 7. The van der Waals surface area contributed by atoms with Crippen molar-refractivity contribution in [3.05, 3.63) is 123 Å². The molecule has 2 aromatic heterocycles. The van der Waals surface area contributed by atoms with Crippen molar-refractivity contribution in [3.8, 4) is 0 Å². The molecule has 1 fully saturated rings. The fourth-order valence-electron chi connectivity index (χ4n) is 5.59. The fourth-order valence-corrected chi connectivity index (χ4v) is 5.59. The van der Waals surface area contributed by atoms with Gasteiger partial charge in [0, 0.05) is 43.7 Å². The largest absolute Gasteiger partial charge is 0.321 e. The van der Waals surface area contributed by atoms with E-state index in [9.17, 15) is 4.79 Å². The van der Waals surface area contributed by atoms with Gasteiger partial charge in [0.2, 0.25) is 0 Å². The van der Waals surface area contributed by atoms with Crippen LogP contribution in [0.1, 0.15) is 39.7 Å². The third kappa shape index (κ3) is 5.26. The molecule has 1 unspecified atom stereocenters. The van der Waals surface area contributed by atoms with Gasteiger partial charge in [-0.15, -0.1) is 5.10 Å². The molecule has 1 N–H and O–H groups in total. The Morgan fingerprint density at radius 3 is 2.15 bits per heavy atom. The molecule has 0 aliphatic carbocycles. The third-order valence-corrected chi connectivity index (χ3v) is 7.77. The Kier molecular flexibility index (Phi) is 7.04. The minimum atomic E-state index is -0.365. The molecule has 6 rings (SSSR count). The van der Waals surface area contributed by atoms with Crippen molar-refractivity contribution in [1.29, 1.82) is 0 Å². The van der Waals surface area contributed by atoms with Crippen molar-refractivity contribution in [2.24, 2.45) is 0 Å². The molecule has 5 aromatic rings. The van der Waals surface area contributed by atoms with E-state index in [2.05, 4.69) is 97.9 Å². The number of tetrazole rings is 1. The summed E-state index contributed by atoms with van der Waals surface area (Å²) in [4.78, 5) is 21.7. The molecule has 0 bridgehead atoms. The lowest BCUT2D eigenvalue weighted by atomic mass is 9.99. The second kappa shape index (κ2) is 10.9. The fraction of sp³-hybridized carbons (Fsp3) is 0.290. The average Bonchev–Trinajstić information content (AvgIpc) is 3.41. The molecule has 1 atom stereocenters. The molecule has 8 nitrogen and oxygen atoms in total. The van der Waals surface area contributed by atoms with Gasteiger partial charge >= 0.3 is 0 Å². The van der Waals surface area contributed by atoms with E-state index >= 15 is 0 Å². The van der Waals surface area contributed by atoms with Crippen LogP contribution in [0.15, 0.2) is 83.7 Å². The summed E-state index contributed by atoms with van der Waals surface area (Å²) in [5.41, 5.74) is 6.07. The minimum absolute atomic E-state index is 0.0952. The van der Waals surface area contributed by atoms with Gasteiger partial charge in [-0.2, -0.15) is 0 Å². The Morgan fingerprint density at radius 1 is 0.821 bits per heavy atom. The van der Waals surface area contributed by atoms with Gasteiger partial charge in [-0.05, 0) is 52.6 Å². The van der Waals surface area contributed by atoms with Crippen LogP contribution in [-0.2, 0) is 13.1 Å². The molecule has 0 saturated carbocycles. The maximum Gasteiger partial charge on any atom is 0.253 e. The van der Waals surface area contributed by atoms with E-state index < -0.39 is 0 Å². The van der Waals surface area contributed by atoms with Gasteiger partial charge in [-0.1, -0.05) is 72.8 Å². The smallest absolute Gasteiger partial charge is 0.253 e. The summed E-state index contributed by atoms with van der Waals surface area (Å²) in [6.07, 6.45) is 0. The van der Waals surface area contributed by atoms with E-state index in [0.29, 0.717) is 17.9 Å². The number of piperazine rings is 1. The van der Waals surface area contributed by atoms with Gasteiger partial charge in [0.25, 0.3) is 5.56 Å². The molecule has 198 valence electrons. The van der Waals surface area contributed by atoms with Crippen LogP contribution < -0.4 is 5.56 Å². The number of hydrogen-bond acceptors (Lipinski definition) is 6. The average molecular weight is 520 g/mol. The Hall–Kier alpha value is -4.14. The van der Waals surface area contributed by atoms with E-state index in [-0.39, 0.29) is 11.6 Å². The Morgan fingerprint density at radius 2 is 1.46 bits per heavy atom. The zero-order valence-electron chi connectivity index (χ0n) is 22.4. The van der Waals surface area contributed by atoms with Crippen LogP contribution in [0.5, 0.6) is 0 Å². The van der Waals surface area contributed by atoms with Crippen molar-refractivity contribution in [2.45, 2.75) is 33.0 Å². The topological polar surface area (TPSA) is 82.9 Å². The predicted molar refractivity (Wildman–Crippen MR) is 153 cm³/mol. The van der Waals surface area contributed by atoms with E-state index in [4.69, 9.17) is 0 Å². The first-order chi connectivity index (χ1) is 19.1. The van der Waals surface area contributed by atoms with Crippen molar-refractivity contribution < 1.29 is 0 Å². The highest BCUT2D eigenvalue weighted by atomic mass is 16.1. The van der Waals surface area contributed by atoms with Crippen LogP contribution in [0.3, 0.4) is 0 Å². The third-order valence-electron chi connectivity index (χ3n) is 7.77. The van der Waals surface area contributed by atoms with Crippen LogP contribution in [-0.4, -0.2) is 61.2 Å². The summed E-state index contributed by atoms with van der Waals surface area (Å²) >= 11 is 0. The number of hydrogen-bond donors (Lipinski definition) is 1. The minimum Gasteiger partial charge on any atom is -0.321 e. The number of nitrogens with one attached hydrogen (secondary N) is 1. The quantitative estimate of drug-likeness (QED) is 0.349. The molecule has 1 aliphatic rings. The SMILES string of the molecule is Cc1ccc(C)c2[nH]c(=O)c(C(c3nnnn3Cc3ccccc3)N3CCN(Cc4ccccc4)CC3)cc12. The number of aromatic amines is 1. The summed E-state index contributed by atoms with van der Waals surface area (Å²) < 4.78 is 1.84. The van der Waals surface area contributed by atoms with Gasteiger partial charge in [0.1, 0.15) is 6.04 Å². The monoisotopic (exact) mass is 519 g/mol. The maximum absolute atomic E-state index is 13.7. The van der Waals surface area contributed by atoms with Gasteiger partial charge in [0.15, 0.2) is 5.82 Å². The number of H-pyrrole nitrogens is 1. The van der Waals surface area contributed by atoms with Gasteiger partial charge in [-0.25, -0.2) is 4.68 Å². The second-order valence-corrected chi connectivity index (χ2v) is 10.4. The summed E-state index contributed by atoms with van der Waals surface area (Å²) in [6.45, 7) is 8.98. The molecule has 3 heterocycles. The van der Waals surface area contributed by atoms with Crippen LogP contribution in [0.25, 0.3) is 10.9 Å². The summed E-state index contributed by atoms with van der Waals surface area (Å²) in [5.74, 6) is 0.686. The molecule has 0 radical (unpaired) electrons. The molecule has 1 aliphatic heterocycles. The lowest BCUT2D eigenvalue weighted by Crippen LogP contribution is -2.48. The highest BCUT2D eigenvalue weighted by Gasteiger charge is 2.33. The van der Waals surface area contributed by atoms with Gasteiger partial charge in [0.05, 0.1) is 12.1 Å². The molecular weight excluding hydrogens is 486 g/mol. The first-order valence-electron chi connectivity index (χ1n) is 13.5. The number of fused-ring (bicyclic) bond motifs is 1. The Labute approximate surface area is 227 Å². The second-order valence-electron chi connectivity index (χ2n) is 10.4. The molecule has 0 amide bonds. The number of aromatic nitrogens is 5. The summed E-state index contributed by atoms with van der Waals surface area (Å²) in [6, 6.07) is 26.6. The van der Waals surface area contributed by atoms with Crippen molar-refractivity contribution >= 4 is 10.9 Å². The molecule has 8 heteroatoms. The summed E-state index contributed by atoms with van der Waals surface area (Å²) in [5, 5.41) is 14.0. The molecule has 1 saturated heterocycles. The van der Waals surface area contributed by atoms with E-state index in [1.165, 1.54) is 5.56 Å². The van der Waals surface area contributed by atoms with Crippen molar-refractivity contribution in [2.75, 3.05) is 26.2 Å². The Balaban J connectivity index is 1.37. The van der Waals surface area contributed by atoms with Crippen LogP contribution >= 0.6 is 0 Å². The van der Waals surface area contributed by atoms with E-state index in [1.807, 2.05) is 29.8 Å². The lowest BCUT2D eigenvalue weighted by Gasteiger charge is -2.38. The number of nitrogens with zero attached hydrogens (tertiary/aromatic N) is 6. The normalized spacial score (nSPS) is 15.5. The first kappa shape index (κ1) is 25.2. The van der Waals surface area contributed by atoms with Gasteiger partial charge < -0.3 is 4.98 Å². The van der Waals surface area contributed by atoms with Gasteiger partial charge in [-0.3, -0.25) is 14.6 Å². The summed E-state index contributed by atoms with van der Waals surface area (Å²) in [7, 11) is 0. The van der Waals surface area contributed by atoms with E-state index in [1.54, 1.807) is 0 Å². The Bertz CT molecular complexity index is 1620. The van der Waals surface area contributed by atoms with E-state index in [0.717, 1.165) is 60.3 Å². The molecular formula is C31H33N7O. The van der Waals surface area contributed by atoms with Crippen LogP contribution in [0.2, 0.25) is 0 Å². The molecule has 3 aromatic carbocycles. The molecule has 39 heavy (non-hydrogen) atoms.